The van der Waals surface area contributed by atoms with Crippen LogP contribution in [0.25, 0.3) is 0 Å². The van der Waals surface area contributed by atoms with E-state index in [1.54, 1.807) is 13.0 Å². The lowest BCUT2D eigenvalue weighted by atomic mass is 9.71. The van der Waals surface area contributed by atoms with Gasteiger partial charge in [-0.15, -0.1) is 0 Å². The third-order valence-electron chi connectivity index (χ3n) is 7.83. The SMILES string of the molecule is CCCCCCCCCCCCCCCCCC(CCCC)OC(=O)C1(C)C=CCCC1C(=O)O. The molecule has 3 atom stereocenters. The molecule has 0 aliphatic heterocycles. The van der Waals surface area contributed by atoms with Crippen LogP contribution in [0, 0.1) is 11.3 Å². The molecule has 3 unspecified atom stereocenters. The van der Waals surface area contributed by atoms with Gasteiger partial charge >= 0.3 is 11.9 Å². The zero-order valence-corrected chi connectivity index (χ0v) is 23.3. The van der Waals surface area contributed by atoms with Gasteiger partial charge in [-0.1, -0.05) is 129 Å². The van der Waals surface area contributed by atoms with Crippen LogP contribution in [0.3, 0.4) is 0 Å². The Hall–Kier alpha value is -1.32. The smallest absolute Gasteiger partial charge is 0.316 e. The topological polar surface area (TPSA) is 63.6 Å². The van der Waals surface area contributed by atoms with Crippen molar-refractivity contribution in [2.45, 2.75) is 162 Å². The average Bonchev–Trinajstić information content (AvgIpc) is 2.84. The molecule has 1 rings (SSSR count). The number of unbranched alkanes of at least 4 members (excludes halogenated alkanes) is 15. The van der Waals surface area contributed by atoms with Crippen molar-refractivity contribution in [3.05, 3.63) is 12.2 Å². The number of allylic oxidation sites excluding steroid dienone is 1. The van der Waals surface area contributed by atoms with E-state index >= 15 is 0 Å². The lowest BCUT2D eigenvalue weighted by molar-refractivity contribution is -0.168. The largest absolute Gasteiger partial charge is 0.481 e. The first-order valence-electron chi connectivity index (χ1n) is 15.1. The van der Waals surface area contributed by atoms with Gasteiger partial charge in [-0.3, -0.25) is 9.59 Å². The number of ether oxygens (including phenoxy) is 1. The molecule has 0 aromatic heterocycles. The summed E-state index contributed by atoms with van der Waals surface area (Å²) in [6, 6.07) is 0. The minimum atomic E-state index is -1.05. The van der Waals surface area contributed by atoms with E-state index < -0.39 is 17.3 Å². The Balaban J connectivity index is 2.19. The van der Waals surface area contributed by atoms with Gasteiger partial charge in [0.05, 0.1) is 11.3 Å². The maximum Gasteiger partial charge on any atom is 0.316 e. The van der Waals surface area contributed by atoms with Gasteiger partial charge in [0.2, 0.25) is 0 Å². The molecule has 0 heterocycles. The van der Waals surface area contributed by atoms with Crippen LogP contribution in [0.4, 0.5) is 0 Å². The van der Waals surface area contributed by atoms with Crippen LogP contribution in [0.2, 0.25) is 0 Å². The van der Waals surface area contributed by atoms with Crippen LogP contribution in [0.15, 0.2) is 12.2 Å². The third-order valence-corrected chi connectivity index (χ3v) is 7.83. The average molecular weight is 493 g/mol. The fraction of sp³-hybridized carbons (Fsp3) is 0.871. The van der Waals surface area contributed by atoms with Crippen molar-refractivity contribution in [3.63, 3.8) is 0 Å². The van der Waals surface area contributed by atoms with Gasteiger partial charge in [0.25, 0.3) is 0 Å². The highest BCUT2D eigenvalue weighted by Gasteiger charge is 2.46. The molecule has 1 N–H and O–H groups in total. The van der Waals surface area contributed by atoms with Crippen molar-refractivity contribution in [2.24, 2.45) is 11.3 Å². The molecule has 0 fully saturated rings. The van der Waals surface area contributed by atoms with E-state index in [4.69, 9.17) is 4.74 Å². The van der Waals surface area contributed by atoms with Crippen LogP contribution >= 0.6 is 0 Å². The predicted molar refractivity (Wildman–Crippen MR) is 147 cm³/mol. The molecular formula is C31H56O4. The molecule has 0 aromatic carbocycles. The molecule has 0 saturated heterocycles. The summed E-state index contributed by atoms with van der Waals surface area (Å²) in [5.41, 5.74) is -1.05. The molecule has 0 amide bonds. The van der Waals surface area contributed by atoms with Crippen LogP contribution < -0.4 is 0 Å². The van der Waals surface area contributed by atoms with E-state index in [2.05, 4.69) is 13.8 Å². The Morgan fingerprint density at radius 3 is 1.74 bits per heavy atom. The fourth-order valence-electron chi connectivity index (χ4n) is 5.31. The number of carbonyl (C=O) groups excluding carboxylic acids is 1. The number of carboxylic acids is 1. The quantitative estimate of drug-likeness (QED) is 0.0928. The van der Waals surface area contributed by atoms with Crippen LogP contribution in [-0.2, 0) is 14.3 Å². The van der Waals surface area contributed by atoms with Gasteiger partial charge < -0.3 is 9.84 Å². The van der Waals surface area contributed by atoms with Gasteiger partial charge in [-0.25, -0.2) is 0 Å². The Morgan fingerprint density at radius 1 is 0.800 bits per heavy atom. The van der Waals surface area contributed by atoms with Crippen LogP contribution in [0.1, 0.15) is 156 Å². The molecule has 35 heavy (non-hydrogen) atoms. The Morgan fingerprint density at radius 2 is 1.26 bits per heavy atom. The van der Waals surface area contributed by atoms with Crippen molar-refractivity contribution in [3.8, 4) is 0 Å². The molecule has 0 aromatic rings. The zero-order chi connectivity index (χ0) is 25.8. The lowest BCUT2D eigenvalue weighted by Crippen LogP contribution is -2.42. The van der Waals surface area contributed by atoms with E-state index in [1.165, 1.54) is 89.9 Å². The second-order valence-electron chi connectivity index (χ2n) is 11.1. The Bertz CT molecular complexity index is 585. The molecule has 0 saturated carbocycles. The second kappa shape index (κ2) is 19.8. The number of rotatable bonds is 22. The first-order valence-corrected chi connectivity index (χ1v) is 15.1. The predicted octanol–water partition coefficient (Wildman–Crippen LogP) is 9.41. The highest BCUT2D eigenvalue weighted by Crippen LogP contribution is 2.38. The van der Waals surface area contributed by atoms with Crippen molar-refractivity contribution >= 4 is 11.9 Å². The summed E-state index contributed by atoms with van der Waals surface area (Å²) < 4.78 is 5.94. The summed E-state index contributed by atoms with van der Waals surface area (Å²) >= 11 is 0. The molecule has 0 bridgehead atoms. The van der Waals surface area contributed by atoms with Crippen molar-refractivity contribution < 1.29 is 19.4 Å². The van der Waals surface area contributed by atoms with Gasteiger partial charge in [-0.2, -0.15) is 0 Å². The van der Waals surface area contributed by atoms with E-state index in [0.717, 1.165) is 32.1 Å². The van der Waals surface area contributed by atoms with Crippen LogP contribution in [-0.4, -0.2) is 23.1 Å². The van der Waals surface area contributed by atoms with Gasteiger partial charge in [0.15, 0.2) is 0 Å². The monoisotopic (exact) mass is 492 g/mol. The van der Waals surface area contributed by atoms with E-state index in [9.17, 15) is 14.7 Å². The normalized spacial score (nSPS) is 20.6. The van der Waals surface area contributed by atoms with E-state index in [-0.39, 0.29) is 12.1 Å². The van der Waals surface area contributed by atoms with E-state index in [0.29, 0.717) is 12.8 Å². The highest BCUT2D eigenvalue weighted by atomic mass is 16.5. The number of carboxylic acid groups (broad SMARTS) is 1. The molecule has 0 spiro atoms. The van der Waals surface area contributed by atoms with Crippen LogP contribution in [0.5, 0.6) is 0 Å². The summed E-state index contributed by atoms with van der Waals surface area (Å²) in [7, 11) is 0. The summed E-state index contributed by atoms with van der Waals surface area (Å²) in [6.07, 6.45) is 28.8. The lowest BCUT2D eigenvalue weighted by Gasteiger charge is -2.34. The summed E-state index contributed by atoms with van der Waals surface area (Å²) in [5.74, 6) is -1.96. The molecule has 4 nitrogen and oxygen atoms in total. The van der Waals surface area contributed by atoms with Gasteiger partial charge in [0, 0.05) is 0 Å². The fourth-order valence-corrected chi connectivity index (χ4v) is 5.31. The summed E-state index contributed by atoms with van der Waals surface area (Å²) in [4.78, 5) is 24.8. The number of esters is 1. The third kappa shape index (κ3) is 13.5. The minimum absolute atomic E-state index is 0.0916. The number of hydrogen-bond acceptors (Lipinski definition) is 3. The maximum atomic E-state index is 13.0. The summed E-state index contributed by atoms with van der Waals surface area (Å²) in [6.45, 7) is 6.16. The Kier molecular flexibility index (Phi) is 18.0. The summed E-state index contributed by atoms with van der Waals surface area (Å²) in [5, 5.41) is 9.61. The molecule has 4 heteroatoms. The standard InChI is InChI=1S/C31H56O4/c1-4-6-8-9-10-11-12-13-14-15-16-17-18-19-20-24-27(23-7-5-2)35-30(34)31(3)26-22-21-25-28(31)29(32)33/h22,26-28H,4-21,23-25H2,1-3H3,(H,32,33). The van der Waals surface area contributed by atoms with Gasteiger partial charge in [-0.05, 0) is 39.0 Å². The molecule has 1 aliphatic rings. The van der Waals surface area contributed by atoms with E-state index in [1.807, 2.05) is 6.08 Å². The van der Waals surface area contributed by atoms with Crippen molar-refractivity contribution in [2.75, 3.05) is 0 Å². The molecule has 204 valence electrons. The van der Waals surface area contributed by atoms with Crippen molar-refractivity contribution in [1.82, 2.24) is 0 Å². The zero-order valence-electron chi connectivity index (χ0n) is 23.3. The highest BCUT2D eigenvalue weighted by molar-refractivity contribution is 5.86. The first kappa shape index (κ1) is 31.7. The Labute approximate surface area is 216 Å². The number of hydrogen-bond donors (Lipinski definition) is 1. The molecule has 1 aliphatic carbocycles. The maximum absolute atomic E-state index is 13.0. The van der Waals surface area contributed by atoms with Crippen molar-refractivity contribution in [1.29, 1.82) is 0 Å². The number of aliphatic carboxylic acids is 1. The number of carbonyl (C=O) groups is 2. The first-order chi connectivity index (χ1) is 17.0. The molecule has 0 radical (unpaired) electrons. The minimum Gasteiger partial charge on any atom is -0.481 e. The van der Waals surface area contributed by atoms with Gasteiger partial charge in [0.1, 0.15) is 6.10 Å². The second-order valence-corrected chi connectivity index (χ2v) is 11.1. The molecular weight excluding hydrogens is 436 g/mol.